The highest BCUT2D eigenvalue weighted by Gasteiger charge is 2.16. The van der Waals surface area contributed by atoms with Crippen LogP contribution in [0.5, 0.6) is 11.5 Å². The second-order valence-corrected chi connectivity index (χ2v) is 4.64. The number of hydrogen-bond donors (Lipinski definition) is 1. The lowest BCUT2D eigenvalue weighted by atomic mass is 10.2. The lowest BCUT2D eigenvalue weighted by molar-refractivity contribution is -0.130. The third kappa shape index (κ3) is 3.42. The summed E-state index contributed by atoms with van der Waals surface area (Å²) in [6, 6.07) is 5.86. The Balaban J connectivity index is 1.77. The van der Waals surface area contributed by atoms with Crippen LogP contribution >= 0.6 is 0 Å². The van der Waals surface area contributed by atoms with Gasteiger partial charge in [-0.25, -0.2) is 0 Å². The summed E-state index contributed by atoms with van der Waals surface area (Å²) in [5, 5.41) is 3.28. The van der Waals surface area contributed by atoms with Crippen molar-refractivity contribution in [2.75, 3.05) is 26.4 Å². The largest absolute Gasteiger partial charge is 0.454 e. The molecule has 1 amide bonds. The predicted molar refractivity (Wildman–Crippen MR) is 76.8 cm³/mol. The first kappa shape index (κ1) is 14.7. The van der Waals surface area contributed by atoms with Crippen molar-refractivity contribution in [1.29, 1.82) is 0 Å². The summed E-state index contributed by atoms with van der Waals surface area (Å²) in [4.78, 5) is 13.7. The van der Waals surface area contributed by atoms with Gasteiger partial charge in [-0.1, -0.05) is 12.1 Å². The number of hydrogen-bond acceptors (Lipinski definition) is 4. The van der Waals surface area contributed by atoms with E-state index in [2.05, 4.69) is 5.32 Å². The Morgan fingerprint density at radius 1 is 1.30 bits per heavy atom. The molecule has 1 aromatic rings. The lowest BCUT2D eigenvalue weighted by Crippen LogP contribution is -2.32. The Kier molecular flexibility index (Phi) is 5.24. The molecule has 1 aliphatic heterocycles. The Morgan fingerprint density at radius 2 is 2.10 bits per heavy atom. The molecule has 0 fully saturated rings. The summed E-state index contributed by atoms with van der Waals surface area (Å²) in [7, 11) is 0. The van der Waals surface area contributed by atoms with Crippen LogP contribution in [0.4, 0.5) is 0 Å². The topological polar surface area (TPSA) is 50.8 Å². The van der Waals surface area contributed by atoms with Crippen LogP contribution in [0.1, 0.15) is 25.8 Å². The molecule has 0 aromatic heterocycles. The molecule has 0 atom stereocenters. The first-order chi connectivity index (χ1) is 9.76. The number of rotatable bonds is 7. The molecule has 5 nitrogen and oxygen atoms in total. The number of carbonyl (C=O) groups is 1. The van der Waals surface area contributed by atoms with Crippen LogP contribution in [0.25, 0.3) is 0 Å². The van der Waals surface area contributed by atoms with Crippen LogP contribution in [0, 0.1) is 0 Å². The third-order valence-corrected chi connectivity index (χ3v) is 3.43. The second-order valence-electron chi connectivity index (χ2n) is 4.64. The van der Waals surface area contributed by atoms with Crippen LogP contribution in [-0.2, 0) is 11.3 Å². The van der Waals surface area contributed by atoms with Crippen LogP contribution in [0.3, 0.4) is 0 Å². The number of ether oxygens (including phenoxy) is 2. The number of nitrogens with zero attached hydrogens (tertiary/aromatic N) is 1. The summed E-state index contributed by atoms with van der Waals surface area (Å²) in [6.45, 7) is 7.17. The summed E-state index contributed by atoms with van der Waals surface area (Å²) in [5.41, 5.74) is 1.07. The van der Waals surface area contributed by atoms with Gasteiger partial charge in [0.05, 0.1) is 0 Å². The fourth-order valence-electron chi connectivity index (χ4n) is 2.28. The molecule has 1 heterocycles. The molecule has 2 rings (SSSR count). The van der Waals surface area contributed by atoms with Gasteiger partial charge in [-0.05, 0) is 19.9 Å². The van der Waals surface area contributed by atoms with Gasteiger partial charge in [0.25, 0.3) is 0 Å². The zero-order valence-corrected chi connectivity index (χ0v) is 12.1. The van der Waals surface area contributed by atoms with Crippen molar-refractivity contribution in [2.45, 2.75) is 26.8 Å². The van der Waals surface area contributed by atoms with Crippen molar-refractivity contribution < 1.29 is 14.3 Å². The highest BCUT2D eigenvalue weighted by molar-refractivity contribution is 5.76. The zero-order chi connectivity index (χ0) is 14.4. The van der Waals surface area contributed by atoms with E-state index in [1.807, 2.05) is 36.9 Å². The molecule has 1 N–H and O–H groups in total. The maximum absolute atomic E-state index is 11.8. The van der Waals surface area contributed by atoms with Crippen LogP contribution in [-0.4, -0.2) is 37.2 Å². The van der Waals surface area contributed by atoms with Crippen molar-refractivity contribution >= 4 is 5.91 Å². The van der Waals surface area contributed by atoms with E-state index >= 15 is 0 Å². The maximum Gasteiger partial charge on any atom is 0.231 e. The van der Waals surface area contributed by atoms with Gasteiger partial charge in [-0.15, -0.1) is 0 Å². The summed E-state index contributed by atoms with van der Waals surface area (Å²) >= 11 is 0. The number of carbonyl (C=O) groups excluding carboxylic acids is 1. The van der Waals surface area contributed by atoms with E-state index in [0.717, 1.165) is 30.2 Å². The van der Waals surface area contributed by atoms with Gasteiger partial charge in [0.2, 0.25) is 12.7 Å². The van der Waals surface area contributed by atoms with E-state index < -0.39 is 0 Å². The molecule has 0 unspecified atom stereocenters. The molecule has 0 saturated heterocycles. The van der Waals surface area contributed by atoms with Crippen molar-refractivity contribution in [2.24, 2.45) is 0 Å². The zero-order valence-electron chi connectivity index (χ0n) is 12.1. The van der Waals surface area contributed by atoms with Gasteiger partial charge in [0, 0.05) is 38.2 Å². The molecule has 0 aliphatic carbocycles. The van der Waals surface area contributed by atoms with Crippen LogP contribution in [0.15, 0.2) is 18.2 Å². The van der Waals surface area contributed by atoms with Gasteiger partial charge in [0.15, 0.2) is 11.5 Å². The highest BCUT2D eigenvalue weighted by Crippen LogP contribution is 2.35. The van der Waals surface area contributed by atoms with E-state index in [4.69, 9.17) is 9.47 Å². The number of nitrogens with one attached hydrogen (secondary N) is 1. The Bertz CT molecular complexity index is 458. The van der Waals surface area contributed by atoms with Crippen molar-refractivity contribution in [1.82, 2.24) is 10.2 Å². The number of benzene rings is 1. The molecule has 0 saturated carbocycles. The van der Waals surface area contributed by atoms with Gasteiger partial charge >= 0.3 is 0 Å². The van der Waals surface area contributed by atoms with E-state index in [9.17, 15) is 4.79 Å². The number of amides is 1. The fraction of sp³-hybridized carbons (Fsp3) is 0.533. The van der Waals surface area contributed by atoms with E-state index in [0.29, 0.717) is 19.5 Å². The second kappa shape index (κ2) is 7.14. The quantitative estimate of drug-likeness (QED) is 0.772. The molecule has 0 spiro atoms. The van der Waals surface area contributed by atoms with Gasteiger partial charge in [-0.3, -0.25) is 4.79 Å². The van der Waals surface area contributed by atoms with Gasteiger partial charge < -0.3 is 19.7 Å². The number of para-hydroxylation sites is 1. The van der Waals surface area contributed by atoms with Gasteiger partial charge in [-0.2, -0.15) is 0 Å². The molecule has 1 aromatic carbocycles. The first-order valence-corrected chi connectivity index (χ1v) is 7.12. The molecule has 20 heavy (non-hydrogen) atoms. The number of fused-ring (bicyclic) bond motifs is 1. The molecular formula is C15H22N2O3. The molecule has 110 valence electrons. The molecule has 1 aliphatic rings. The predicted octanol–water partition coefficient (Wildman–Crippen LogP) is 1.76. The van der Waals surface area contributed by atoms with Crippen LogP contribution < -0.4 is 14.8 Å². The summed E-state index contributed by atoms with van der Waals surface area (Å²) in [6.07, 6.45) is 0.522. The monoisotopic (exact) mass is 278 g/mol. The molecule has 0 radical (unpaired) electrons. The molecule has 5 heteroatoms. The lowest BCUT2D eigenvalue weighted by Gasteiger charge is -2.18. The van der Waals surface area contributed by atoms with E-state index in [1.165, 1.54) is 0 Å². The summed E-state index contributed by atoms with van der Waals surface area (Å²) < 4.78 is 10.8. The third-order valence-electron chi connectivity index (χ3n) is 3.43. The van der Waals surface area contributed by atoms with Crippen molar-refractivity contribution in [3.8, 4) is 11.5 Å². The maximum atomic E-state index is 11.8. The van der Waals surface area contributed by atoms with Crippen molar-refractivity contribution in [3.63, 3.8) is 0 Å². The Morgan fingerprint density at radius 3 is 2.85 bits per heavy atom. The van der Waals surface area contributed by atoms with E-state index in [-0.39, 0.29) is 12.7 Å². The average Bonchev–Trinajstić information content (AvgIpc) is 2.94. The Labute approximate surface area is 119 Å². The smallest absolute Gasteiger partial charge is 0.231 e. The minimum Gasteiger partial charge on any atom is -0.454 e. The van der Waals surface area contributed by atoms with Crippen molar-refractivity contribution in [3.05, 3.63) is 23.8 Å². The minimum atomic E-state index is 0.195. The molecular weight excluding hydrogens is 256 g/mol. The fourth-order valence-corrected chi connectivity index (χ4v) is 2.28. The standard InChI is InChI=1S/C15H22N2O3/c1-3-17(4-2)14(18)8-9-16-10-12-6-5-7-13-15(12)20-11-19-13/h5-7,16H,3-4,8-11H2,1-2H3. The normalized spacial score (nSPS) is 12.5. The summed E-state index contributed by atoms with van der Waals surface area (Å²) in [5.74, 6) is 1.80. The average molecular weight is 278 g/mol. The van der Waals surface area contributed by atoms with Crippen LogP contribution in [0.2, 0.25) is 0 Å². The first-order valence-electron chi connectivity index (χ1n) is 7.12. The van der Waals surface area contributed by atoms with Gasteiger partial charge in [0.1, 0.15) is 0 Å². The van der Waals surface area contributed by atoms with E-state index in [1.54, 1.807) is 0 Å². The minimum absolute atomic E-state index is 0.195. The highest BCUT2D eigenvalue weighted by atomic mass is 16.7. The molecule has 0 bridgehead atoms. The Hall–Kier alpha value is -1.75. The SMILES string of the molecule is CCN(CC)C(=O)CCNCc1cccc2c1OCO2.